The lowest BCUT2D eigenvalue weighted by Crippen LogP contribution is -2.23. The van der Waals surface area contributed by atoms with Crippen molar-refractivity contribution in [2.75, 3.05) is 19.0 Å². The lowest BCUT2D eigenvalue weighted by atomic mass is 10.1. The fourth-order valence-corrected chi connectivity index (χ4v) is 3.28. The maximum atomic E-state index is 13.2. The van der Waals surface area contributed by atoms with E-state index in [0.29, 0.717) is 16.1 Å². The number of pyridine rings is 1. The molecule has 3 aromatic rings. The van der Waals surface area contributed by atoms with Crippen LogP contribution in [0.25, 0.3) is 5.82 Å². The second kappa shape index (κ2) is 9.49. The fourth-order valence-electron chi connectivity index (χ4n) is 3.01. The van der Waals surface area contributed by atoms with Gasteiger partial charge in [0.2, 0.25) is 5.88 Å². The monoisotopic (exact) mass is 481 g/mol. The molecular formula is C21H19ClF3N5O3. The van der Waals surface area contributed by atoms with Crippen molar-refractivity contribution in [2.45, 2.75) is 20.0 Å². The van der Waals surface area contributed by atoms with Gasteiger partial charge in [-0.25, -0.2) is 9.67 Å². The van der Waals surface area contributed by atoms with E-state index < -0.39 is 30.5 Å². The summed E-state index contributed by atoms with van der Waals surface area (Å²) in [6, 6.07) is 7.38. The maximum absolute atomic E-state index is 13.2. The maximum Gasteiger partial charge on any atom is 0.422 e. The lowest BCUT2D eigenvalue weighted by molar-refractivity contribution is -0.154. The summed E-state index contributed by atoms with van der Waals surface area (Å²) in [6.45, 7) is 1.77. The van der Waals surface area contributed by atoms with Gasteiger partial charge in [-0.1, -0.05) is 17.7 Å². The van der Waals surface area contributed by atoms with Crippen LogP contribution in [0.15, 0.2) is 36.5 Å². The molecule has 0 atom stereocenters. The third-order valence-electron chi connectivity index (χ3n) is 4.50. The molecule has 0 saturated heterocycles. The Morgan fingerprint density at radius 3 is 2.52 bits per heavy atom. The average Bonchev–Trinajstić information content (AvgIpc) is 3.17. The predicted octanol–water partition coefficient (Wildman–Crippen LogP) is 4.09. The van der Waals surface area contributed by atoms with Crippen LogP contribution < -0.4 is 15.4 Å². The Morgan fingerprint density at radius 2 is 1.88 bits per heavy atom. The third-order valence-corrected chi connectivity index (χ3v) is 4.71. The number of rotatable bonds is 6. The van der Waals surface area contributed by atoms with Gasteiger partial charge in [-0.15, -0.1) is 5.10 Å². The molecule has 0 radical (unpaired) electrons. The quantitative estimate of drug-likeness (QED) is 0.552. The highest BCUT2D eigenvalue weighted by Crippen LogP contribution is 2.28. The summed E-state index contributed by atoms with van der Waals surface area (Å²) in [7, 11) is 1.42. The molecule has 0 saturated carbocycles. The van der Waals surface area contributed by atoms with Gasteiger partial charge in [0, 0.05) is 24.3 Å². The van der Waals surface area contributed by atoms with E-state index in [4.69, 9.17) is 16.3 Å². The number of halogens is 4. The number of ether oxygens (including phenoxy) is 1. The van der Waals surface area contributed by atoms with Gasteiger partial charge >= 0.3 is 6.18 Å². The molecule has 0 unspecified atom stereocenters. The van der Waals surface area contributed by atoms with Crippen LogP contribution in [-0.2, 0) is 0 Å². The molecule has 0 aliphatic rings. The Labute approximate surface area is 191 Å². The Bertz CT molecular complexity index is 1210. The van der Waals surface area contributed by atoms with Gasteiger partial charge in [0.25, 0.3) is 11.8 Å². The number of benzene rings is 1. The molecule has 2 N–H and O–H groups in total. The Hall–Kier alpha value is -3.60. The van der Waals surface area contributed by atoms with Crippen LogP contribution >= 0.6 is 11.6 Å². The minimum Gasteiger partial charge on any atom is -0.467 e. The normalized spacial score (nSPS) is 11.2. The molecule has 1 aromatic carbocycles. The number of hydrogen-bond donors (Lipinski definition) is 2. The summed E-state index contributed by atoms with van der Waals surface area (Å²) in [5.41, 5.74) is 1.27. The van der Waals surface area contributed by atoms with Crippen LogP contribution in [0.2, 0.25) is 5.02 Å². The highest BCUT2D eigenvalue weighted by molar-refractivity contribution is 6.31. The Kier molecular flexibility index (Phi) is 6.92. The molecule has 3 rings (SSSR count). The van der Waals surface area contributed by atoms with E-state index in [9.17, 15) is 22.8 Å². The van der Waals surface area contributed by atoms with Crippen molar-refractivity contribution in [3.8, 4) is 11.7 Å². The van der Waals surface area contributed by atoms with Gasteiger partial charge in [0.05, 0.1) is 11.3 Å². The number of alkyl halides is 3. The largest absolute Gasteiger partial charge is 0.467 e. The summed E-state index contributed by atoms with van der Waals surface area (Å²) >= 11 is 6.05. The van der Waals surface area contributed by atoms with Crippen LogP contribution in [-0.4, -0.2) is 46.4 Å². The Morgan fingerprint density at radius 1 is 1.15 bits per heavy atom. The molecule has 2 amide bonds. The van der Waals surface area contributed by atoms with Gasteiger partial charge in [-0.3, -0.25) is 9.59 Å². The number of aromatic nitrogens is 3. The molecule has 0 aliphatic carbocycles. The van der Waals surface area contributed by atoms with Gasteiger partial charge < -0.3 is 15.4 Å². The second-order valence-electron chi connectivity index (χ2n) is 7.01. The lowest BCUT2D eigenvalue weighted by Gasteiger charge is -2.14. The van der Waals surface area contributed by atoms with Gasteiger partial charge in [0.1, 0.15) is 5.69 Å². The standard InChI is InChI=1S/C21H19ClF3N5O3/c1-11-5-4-6-27-18(11)30-15(9-16(29-30)33-10-21(23,24)25)20(32)28-17-12(2)7-13(22)8-14(17)19(31)26-3/h4-9H,10H2,1-3H3,(H,26,31)(H,28,32). The first-order valence-electron chi connectivity index (χ1n) is 9.55. The van der Waals surface area contributed by atoms with E-state index in [1.807, 2.05) is 0 Å². The molecule has 174 valence electrons. The minimum absolute atomic E-state index is 0.115. The molecule has 33 heavy (non-hydrogen) atoms. The number of hydrogen-bond acceptors (Lipinski definition) is 5. The highest BCUT2D eigenvalue weighted by atomic mass is 35.5. The fraction of sp³-hybridized carbons (Fsp3) is 0.238. The molecule has 2 heterocycles. The van der Waals surface area contributed by atoms with Crippen molar-refractivity contribution in [2.24, 2.45) is 0 Å². The molecule has 12 heteroatoms. The highest BCUT2D eigenvalue weighted by Gasteiger charge is 2.30. The average molecular weight is 482 g/mol. The number of nitrogens with one attached hydrogen (secondary N) is 2. The van der Waals surface area contributed by atoms with E-state index in [0.717, 1.165) is 10.7 Å². The predicted molar refractivity (Wildman–Crippen MR) is 115 cm³/mol. The van der Waals surface area contributed by atoms with Crippen molar-refractivity contribution in [3.63, 3.8) is 0 Å². The number of carbonyl (C=O) groups excluding carboxylic acids is 2. The smallest absolute Gasteiger partial charge is 0.422 e. The van der Waals surface area contributed by atoms with Crippen molar-refractivity contribution in [1.29, 1.82) is 0 Å². The van der Waals surface area contributed by atoms with E-state index in [1.165, 1.54) is 19.3 Å². The second-order valence-corrected chi connectivity index (χ2v) is 7.44. The van der Waals surface area contributed by atoms with Crippen LogP contribution in [0.3, 0.4) is 0 Å². The molecule has 0 spiro atoms. The summed E-state index contributed by atoms with van der Waals surface area (Å²) in [4.78, 5) is 29.7. The molecular weight excluding hydrogens is 463 g/mol. The number of amides is 2. The zero-order chi connectivity index (χ0) is 24.3. The van der Waals surface area contributed by atoms with Crippen molar-refractivity contribution in [3.05, 3.63) is 63.9 Å². The zero-order valence-electron chi connectivity index (χ0n) is 17.7. The number of aryl methyl sites for hydroxylation is 2. The number of carbonyl (C=O) groups is 2. The first-order valence-corrected chi connectivity index (χ1v) is 9.93. The summed E-state index contributed by atoms with van der Waals surface area (Å²) in [5.74, 6) is -1.42. The van der Waals surface area contributed by atoms with Crippen LogP contribution in [0.4, 0.5) is 18.9 Å². The van der Waals surface area contributed by atoms with Crippen LogP contribution in [0, 0.1) is 13.8 Å². The number of nitrogens with zero attached hydrogens (tertiary/aromatic N) is 3. The van der Waals surface area contributed by atoms with E-state index in [1.54, 1.807) is 32.0 Å². The molecule has 0 fully saturated rings. The summed E-state index contributed by atoms with van der Waals surface area (Å²) < 4.78 is 43.6. The first kappa shape index (κ1) is 24.1. The molecule has 2 aromatic heterocycles. The van der Waals surface area contributed by atoms with Gasteiger partial charge in [0.15, 0.2) is 12.4 Å². The molecule has 8 nitrogen and oxygen atoms in total. The van der Waals surface area contributed by atoms with E-state index >= 15 is 0 Å². The van der Waals surface area contributed by atoms with Gasteiger partial charge in [-0.2, -0.15) is 13.2 Å². The van der Waals surface area contributed by atoms with Crippen LogP contribution in [0.5, 0.6) is 5.88 Å². The van der Waals surface area contributed by atoms with E-state index in [2.05, 4.69) is 20.7 Å². The number of anilines is 1. The molecule has 0 aliphatic heterocycles. The van der Waals surface area contributed by atoms with Crippen molar-refractivity contribution < 1.29 is 27.5 Å². The van der Waals surface area contributed by atoms with Crippen molar-refractivity contribution >= 4 is 29.1 Å². The zero-order valence-corrected chi connectivity index (χ0v) is 18.5. The topological polar surface area (TPSA) is 98.1 Å². The van der Waals surface area contributed by atoms with Crippen molar-refractivity contribution in [1.82, 2.24) is 20.1 Å². The van der Waals surface area contributed by atoms with Gasteiger partial charge in [-0.05, 0) is 43.2 Å². The third kappa shape index (κ3) is 5.61. The van der Waals surface area contributed by atoms with Crippen LogP contribution in [0.1, 0.15) is 32.0 Å². The SMILES string of the molecule is CNC(=O)c1cc(Cl)cc(C)c1NC(=O)c1cc(OCC(F)(F)F)nn1-c1ncccc1C. The first-order chi connectivity index (χ1) is 15.5. The summed E-state index contributed by atoms with van der Waals surface area (Å²) in [5, 5.41) is 9.37. The van der Waals surface area contributed by atoms with E-state index in [-0.39, 0.29) is 22.8 Å². The minimum atomic E-state index is -4.59. The Balaban J connectivity index is 2.05. The molecule has 0 bridgehead atoms. The summed E-state index contributed by atoms with van der Waals surface area (Å²) in [6.07, 6.45) is -3.13.